The predicted octanol–water partition coefficient (Wildman–Crippen LogP) is 3.70. The molecule has 0 saturated carbocycles. The van der Waals surface area contributed by atoms with Gasteiger partial charge in [0.15, 0.2) is 0 Å². The number of benzene rings is 3. The Bertz CT molecular complexity index is 971. The maximum absolute atomic E-state index is 12.7. The predicted molar refractivity (Wildman–Crippen MR) is 119 cm³/mol. The van der Waals surface area contributed by atoms with Crippen LogP contribution < -0.4 is 20.3 Å². The Kier molecular flexibility index (Phi) is 7.05. The lowest BCUT2D eigenvalue weighted by atomic mass is 10.2. The molecule has 30 heavy (non-hydrogen) atoms. The Morgan fingerprint density at radius 1 is 0.900 bits per heavy atom. The van der Waals surface area contributed by atoms with Gasteiger partial charge in [0.25, 0.3) is 5.91 Å². The van der Waals surface area contributed by atoms with Gasteiger partial charge in [-0.3, -0.25) is 9.59 Å². The zero-order valence-corrected chi connectivity index (χ0v) is 17.1. The highest BCUT2D eigenvalue weighted by Crippen LogP contribution is 2.21. The summed E-state index contributed by atoms with van der Waals surface area (Å²) < 4.78 is 5.24. The van der Waals surface area contributed by atoms with Gasteiger partial charge < -0.3 is 20.3 Å². The van der Waals surface area contributed by atoms with Crippen LogP contribution in [0.2, 0.25) is 0 Å². The molecule has 0 bridgehead atoms. The van der Waals surface area contributed by atoms with Crippen LogP contribution in [0.25, 0.3) is 0 Å². The van der Waals surface area contributed by atoms with E-state index in [0.29, 0.717) is 17.8 Å². The Morgan fingerprint density at radius 2 is 1.57 bits per heavy atom. The summed E-state index contributed by atoms with van der Waals surface area (Å²) in [7, 11) is 3.21. The van der Waals surface area contributed by atoms with Gasteiger partial charge in [-0.25, -0.2) is 0 Å². The molecule has 3 aromatic rings. The van der Waals surface area contributed by atoms with E-state index in [1.54, 1.807) is 38.4 Å². The van der Waals surface area contributed by atoms with Crippen molar-refractivity contribution in [2.75, 3.05) is 30.9 Å². The highest BCUT2D eigenvalue weighted by Gasteiger charge is 2.13. The first-order chi connectivity index (χ1) is 14.6. The van der Waals surface area contributed by atoms with Crippen molar-refractivity contribution in [2.24, 2.45) is 0 Å². The van der Waals surface area contributed by atoms with E-state index in [2.05, 4.69) is 10.6 Å². The summed E-state index contributed by atoms with van der Waals surface area (Å²) in [5.74, 6) is 0.454. The van der Waals surface area contributed by atoms with Crippen LogP contribution in [0.1, 0.15) is 15.9 Å². The minimum absolute atomic E-state index is 0.144. The van der Waals surface area contributed by atoms with E-state index in [-0.39, 0.29) is 18.4 Å². The number of hydrogen-bond donors (Lipinski definition) is 2. The SMILES string of the molecule is CNC(=O)c1ccc(NC(=O)CN(Cc2ccccc2)c2ccc(OC)cc2)cc1. The largest absolute Gasteiger partial charge is 0.497 e. The van der Waals surface area contributed by atoms with E-state index in [9.17, 15) is 9.59 Å². The number of carbonyl (C=O) groups excluding carboxylic acids is 2. The number of ether oxygens (including phenoxy) is 1. The van der Waals surface area contributed by atoms with Crippen molar-refractivity contribution in [1.29, 1.82) is 0 Å². The molecular formula is C24H25N3O3. The Morgan fingerprint density at radius 3 is 2.17 bits per heavy atom. The van der Waals surface area contributed by atoms with Crippen molar-refractivity contribution < 1.29 is 14.3 Å². The van der Waals surface area contributed by atoms with Crippen molar-refractivity contribution in [3.8, 4) is 5.75 Å². The van der Waals surface area contributed by atoms with Gasteiger partial charge in [0, 0.05) is 30.5 Å². The molecule has 0 unspecified atom stereocenters. The molecule has 3 aromatic carbocycles. The fourth-order valence-electron chi connectivity index (χ4n) is 3.06. The molecule has 3 rings (SSSR count). The number of rotatable bonds is 8. The summed E-state index contributed by atoms with van der Waals surface area (Å²) in [6, 6.07) is 24.4. The third-order valence-corrected chi connectivity index (χ3v) is 4.65. The third kappa shape index (κ3) is 5.61. The minimum Gasteiger partial charge on any atom is -0.497 e. The van der Waals surface area contributed by atoms with E-state index in [4.69, 9.17) is 4.74 Å². The summed E-state index contributed by atoms with van der Waals surface area (Å²) in [4.78, 5) is 26.4. The summed E-state index contributed by atoms with van der Waals surface area (Å²) in [6.07, 6.45) is 0. The second-order valence-corrected chi connectivity index (χ2v) is 6.74. The van der Waals surface area contributed by atoms with Crippen LogP contribution in [0.3, 0.4) is 0 Å². The van der Waals surface area contributed by atoms with E-state index >= 15 is 0 Å². The number of nitrogens with zero attached hydrogens (tertiary/aromatic N) is 1. The minimum atomic E-state index is -0.165. The zero-order chi connectivity index (χ0) is 21.3. The first-order valence-corrected chi connectivity index (χ1v) is 9.64. The van der Waals surface area contributed by atoms with Crippen LogP contribution >= 0.6 is 0 Å². The molecule has 154 valence electrons. The Labute approximate surface area is 176 Å². The van der Waals surface area contributed by atoms with E-state index in [1.165, 1.54) is 0 Å². The molecule has 6 nitrogen and oxygen atoms in total. The second kappa shape index (κ2) is 10.1. The summed E-state index contributed by atoms with van der Waals surface area (Å²) in [5.41, 5.74) is 3.21. The maximum Gasteiger partial charge on any atom is 0.251 e. The first kappa shape index (κ1) is 20.9. The molecule has 0 heterocycles. The molecule has 0 aliphatic heterocycles. The van der Waals surface area contributed by atoms with Crippen molar-refractivity contribution in [3.05, 3.63) is 90.0 Å². The molecule has 0 atom stereocenters. The van der Waals surface area contributed by atoms with Crippen LogP contribution in [0, 0.1) is 0 Å². The lowest BCUT2D eigenvalue weighted by Crippen LogP contribution is -2.33. The van der Waals surface area contributed by atoms with Gasteiger partial charge in [-0.05, 0) is 54.1 Å². The molecule has 2 N–H and O–H groups in total. The van der Waals surface area contributed by atoms with Crippen molar-refractivity contribution in [3.63, 3.8) is 0 Å². The molecule has 0 fully saturated rings. The van der Waals surface area contributed by atoms with Crippen molar-refractivity contribution >= 4 is 23.2 Å². The Hall–Kier alpha value is -3.80. The highest BCUT2D eigenvalue weighted by molar-refractivity contribution is 5.96. The number of nitrogens with one attached hydrogen (secondary N) is 2. The molecule has 0 radical (unpaired) electrons. The number of carbonyl (C=O) groups is 2. The smallest absolute Gasteiger partial charge is 0.251 e. The average molecular weight is 403 g/mol. The normalized spacial score (nSPS) is 10.2. The number of amides is 2. The molecule has 0 aliphatic rings. The van der Waals surface area contributed by atoms with E-state index in [0.717, 1.165) is 17.0 Å². The van der Waals surface area contributed by atoms with Crippen LogP contribution in [-0.2, 0) is 11.3 Å². The maximum atomic E-state index is 12.7. The molecular weight excluding hydrogens is 378 g/mol. The van der Waals surface area contributed by atoms with Crippen LogP contribution in [0.4, 0.5) is 11.4 Å². The molecule has 0 saturated heterocycles. The van der Waals surface area contributed by atoms with Gasteiger partial charge in [0.1, 0.15) is 5.75 Å². The van der Waals surface area contributed by atoms with E-state index in [1.807, 2.05) is 59.5 Å². The number of hydrogen-bond acceptors (Lipinski definition) is 4. The third-order valence-electron chi connectivity index (χ3n) is 4.65. The monoisotopic (exact) mass is 403 g/mol. The molecule has 6 heteroatoms. The molecule has 0 aliphatic carbocycles. The molecule has 0 spiro atoms. The van der Waals surface area contributed by atoms with Gasteiger partial charge in [-0.15, -0.1) is 0 Å². The number of methoxy groups -OCH3 is 1. The van der Waals surface area contributed by atoms with E-state index < -0.39 is 0 Å². The molecule has 0 aromatic heterocycles. The summed E-state index contributed by atoms with van der Waals surface area (Å²) >= 11 is 0. The first-order valence-electron chi connectivity index (χ1n) is 9.64. The fourth-order valence-corrected chi connectivity index (χ4v) is 3.06. The van der Waals surface area contributed by atoms with Gasteiger partial charge >= 0.3 is 0 Å². The Balaban J connectivity index is 1.72. The van der Waals surface area contributed by atoms with Crippen LogP contribution in [-0.4, -0.2) is 32.5 Å². The standard InChI is InChI=1S/C24H25N3O3/c1-25-24(29)19-8-10-20(11-9-19)26-23(28)17-27(16-18-6-4-3-5-7-18)21-12-14-22(30-2)15-13-21/h3-15H,16-17H2,1-2H3,(H,25,29)(H,26,28). The number of anilines is 2. The quantitative estimate of drug-likeness (QED) is 0.602. The lowest BCUT2D eigenvalue weighted by molar-refractivity contribution is -0.115. The second-order valence-electron chi connectivity index (χ2n) is 6.74. The van der Waals surface area contributed by atoms with Gasteiger partial charge in [0.05, 0.1) is 13.7 Å². The van der Waals surface area contributed by atoms with Crippen LogP contribution in [0.5, 0.6) is 5.75 Å². The van der Waals surface area contributed by atoms with Gasteiger partial charge in [-0.2, -0.15) is 0 Å². The zero-order valence-electron chi connectivity index (χ0n) is 17.1. The summed E-state index contributed by atoms with van der Waals surface area (Å²) in [6.45, 7) is 0.772. The average Bonchev–Trinajstić information content (AvgIpc) is 2.79. The summed E-state index contributed by atoms with van der Waals surface area (Å²) in [5, 5.41) is 5.47. The highest BCUT2D eigenvalue weighted by atomic mass is 16.5. The lowest BCUT2D eigenvalue weighted by Gasteiger charge is -2.24. The molecule has 2 amide bonds. The fraction of sp³-hybridized carbons (Fsp3) is 0.167. The topological polar surface area (TPSA) is 70.7 Å². The van der Waals surface area contributed by atoms with Crippen LogP contribution in [0.15, 0.2) is 78.9 Å². The van der Waals surface area contributed by atoms with Gasteiger partial charge in [0.2, 0.25) is 5.91 Å². The van der Waals surface area contributed by atoms with Crippen molar-refractivity contribution in [2.45, 2.75) is 6.54 Å². The van der Waals surface area contributed by atoms with Crippen molar-refractivity contribution in [1.82, 2.24) is 5.32 Å². The van der Waals surface area contributed by atoms with Gasteiger partial charge in [-0.1, -0.05) is 30.3 Å².